The van der Waals surface area contributed by atoms with Gasteiger partial charge in [-0.25, -0.2) is 0 Å². The largest absolute Gasteiger partial charge is 0.360 e. The molecule has 5 rings (SSSR count). The molecule has 1 saturated heterocycles. The van der Waals surface area contributed by atoms with E-state index in [0.717, 1.165) is 55.8 Å². The number of hydrogen-bond acceptors (Lipinski definition) is 6. The molecule has 1 aliphatic carbocycles. The van der Waals surface area contributed by atoms with Gasteiger partial charge in [-0.3, -0.25) is 14.6 Å². The second kappa shape index (κ2) is 9.77. The first-order chi connectivity index (χ1) is 16.6. The van der Waals surface area contributed by atoms with Crippen molar-refractivity contribution in [3.63, 3.8) is 0 Å². The Labute approximate surface area is 198 Å². The summed E-state index contributed by atoms with van der Waals surface area (Å²) >= 11 is 0. The lowest BCUT2D eigenvalue weighted by Crippen LogP contribution is -2.39. The van der Waals surface area contributed by atoms with Gasteiger partial charge in [0.1, 0.15) is 5.76 Å². The van der Waals surface area contributed by atoms with E-state index in [2.05, 4.69) is 20.8 Å². The van der Waals surface area contributed by atoms with Crippen LogP contribution in [-0.2, 0) is 0 Å². The fraction of sp³-hybridized carbons (Fsp3) is 0.385. The highest BCUT2D eigenvalue weighted by molar-refractivity contribution is 6.05. The van der Waals surface area contributed by atoms with Crippen LogP contribution in [0.2, 0.25) is 0 Å². The van der Waals surface area contributed by atoms with E-state index in [1.54, 1.807) is 42.5 Å². The lowest BCUT2D eigenvalue weighted by molar-refractivity contribution is 0.0904. The Balaban J connectivity index is 1.39. The first kappa shape index (κ1) is 22.3. The molecule has 1 unspecified atom stereocenters. The van der Waals surface area contributed by atoms with Gasteiger partial charge >= 0.3 is 0 Å². The molecule has 1 aromatic carbocycles. The van der Waals surface area contributed by atoms with Gasteiger partial charge in [-0.05, 0) is 74.5 Å². The minimum absolute atomic E-state index is 0.129. The van der Waals surface area contributed by atoms with Gasteiger partial charge in [0.25, 0.3) is 11.8 Å². The van der Waals surface area contributed by atoms with Crippen molar-refractivity contribution in [3.05, 3.63) is 77.4 Å². The summed E-state index contributed by atoms with van der Waals surface area (Å²) in [6, 6.07) is 12.7. The van der Waals surface area contributed by atoms with Crippen LogP contribution >= 0.6 is 0 Å². The molecule has 176 valence electrons. The average Bonchev–Trinajstić information content (AvgIpc) is 3.63. The molecule has 3 heterocycles. The van der Waals surface area contributed by atoms with Crippen molar-refractivity contribution in [2.75, 3.05) is 25.0 Å². The molecular weight excluding hydrogens is 430 g/mol. The van der Waals surface area contributed by atoms with Crippen molar-refractivity contribution in [2.45, 2.75) is 37.6 Å². The summed E-state index contributed by atoms with van der Waals surface area (Å²) in [7, 11) is 1.74. The van der Waals surface area contributed by atoms with Gasteiger partial charge in [-0.1, -0.05) is 17.3 Å². The Hall–Kier alpha value is -3.52. The summed E-state index contributed by atoms with van der Waals surface area (Å²) in [4.78, 5) is 32.0. The number of carbonyl (C=O) groups is 2. The molecule has 2 N–H and O–H groups in total. The van der Waals surface area contributed by atoms with Crippen LogP contribution in [0, 0.1) is 5.92 Å². The number of nitrogens with zero attached hydrogens (tertiary/aromatic N) is 3. The van der Waals surface area contributed by atoms with Gasteiger partial charge in [-0.2, -0.15) is 0 Å². The molecule has 2 fully saturated rings. The summed E-state index contributed by atoms with van der Waals surface area (Å²) in [5.74, 6) is 1.06. The zero-order valence-electron chi connectivity index (χ0n) is 19.2. The van der Waals surface area contributed by atoms with Gasteiger partial charge in [0.05, 0.1) is 17.9 Å². The predicted molar refractivity (Wildman–Crippen MR) is 128 cm³/mol. The summed E-state index contributed by atoms with van der Waals surface area (Å²) in [5.41, 5.74) is 2.51. The van der Waals surface area contributed by atoms with E-state index < -0.39 is 0 Å². The van der Waals surface area contributed by atoms with E-state index in [1.807, 2.05) is 24.3 Å². The Bertz CT molecular complexity index is 1150. The van der Waals surface area contributed by atoms with Crippen LogP contribution in [0.3, 0.4) is 0 Å². The monoisotopic (exact) mass is 459 g/mol. The number of benzene rings is 1. The molecule has 1 atom stereocenters. The van der Waals surface area contributed by atoms with Crippen molar-refractivity contribution < 1.29 is 14.1 Å². The Kier molecular flexibility index (Phi) is 6.40. The van der Waals surface area contributed by atoms with Crippen LogP contribution in [0.5, 0.6) is 0 Å². The molecule has 2 aliphatic rings. The lowest BCUT2D eigenvalue weighted by atomic mass is 9.85. The fourth-order valence-corrected chi connectivity index (χ4v) is 4.55. The maximum Gasteiger partial charge on any atom is 0.273 e. The molecule has 0 spiro atoms. The second-order valence-corrected chi connectivity index (χ2v) is 9.13. The number of hydrogen-bond donors (Lipinski definition) is 2. The lowest BCUT2D eigenvalue weighted by Gasteiger charge is -2.32. The number of pyridine rings is 1. The molecule has 0 bridgehead atoms. The van der Waals surface area contributed by atoms with Crippen LogP contribution < -0.4 is 15.5 Å². The first-order valence-corrected chi connectivity index (χ1v) is 11.9. The normalized spacial score (nSPS) is 17.2. The second-order valence-electron chi connectivity index (χ2n) is 9.13. The summed E-state index contributed by atoms with van der Waals surface area (Å²) < 4.78 is 5.39. The zero-order valence-corrected chi connectivity index (χ0v) is 19.2. The van der Waals surface area contributed by atoms with Crippen molar-refractivity contribution in [1.29, 1.82) is 0 Å². The number of carbonyl (C=O) groups excluding carboxylic acids is 2. The molecule has 0 radical (unpaired) electrons. The smallest absolute Gasteiger partial charge is 0.273 e. The van der Waals surface area contributed by atoms with Gasteiger partial charge in [0, 0.05) is 30.8 Å². The number of anilines is 1. The van der Waals surface area contributed by atoms with Gasteiger partial charge in [0.15, 0.2) is 5.69 Å². The van der Waals surface area contributed by atoms with Crippen LogP contribution in [0.15, 0.2) is 59.4 Å². The van der Waals surface area contributed by atoms with Crippen LogP contribution in [0.25, 0.3) is 0 Å². The summed E-state index contributed by atoms with van der Waals surface area (Å²) in [6.07, 6.45) is 7.38. The van der Waals surface area contributed by atoms with Crippen molar-refractivity contribution in [3.8, 4) is 0 Å². The summed E-state index contributed by atoms with van der Waals surface area (Å²) in [5, 5.41) is 10.6. The van der Waals surface area contributed by atoms with Crippen LogP contribution in [0.1, 0.15) is 69.8 Å². The third kappa shape index (κ3) is 4.87. The Morgan fingerprint density at radius 1 is 1.12 bits per heavy atom. The Morgan fingerprint density at radius 3 is 2.68 bits per heavy atom. The number of amides is 2. The maximum absolute atomic E-state index is 13.2. The molecule has 3 aromatic rings. The molecule has 8 heteroatoms. The predicted octanol–water partition coefficient (Wildman–Crippen LogP) is 3.69. The highest BCUT2D eigenvalue weighted by Crippen LogP contribution is 2.40. The first-order valence-electron chi connectivity index (χ1n) is 11.9. The van der Waals surface area contributed by atoms with E-state index >= 15 is 0 Å². The van der Waals surface area contributed by atoms with E-state index in [1.165, 1.54) is 0 Å². The van der Waals surface area contributed by atoms with Gasteiger partial charge in [0.2, 0.25) is 0 Å². The molecule has 1 aliphatic heterocycles. The third-order valence-corrected chi connectivity index (χ3v) is 6.71. The van der Waals surface area contributed by atoms with E-state index in [4.69, 9.17) is 4.52 Å². The van der Waals surface area contributed by atoms with E-state index in [0.29, 0.717) is 17.2 Å². The maximum atomic E-state index is 13.2. The van der Waals surface area contributed by atoms with Gasteiger partial charge < -0.3 is 20.1 Å². The molecule has 34 heavy (non-hydrogen) atoms. The zero-order chi connectivity index (χ0) is 23.5. The molecular formula is C26H29N5O3. The molecule has 8 nitrogen and oxygen atoms in total. The van der Waals surface area contributed by atoms with Crippen molar-refractivity contribution >= 4 is 17.5 Å². The van der Waals surface area contributed by atoms with Crippen LogP contribution in [0.4, 0.5) is 5.69 Å². The van der Waals surface area contributed by atoms with E-state index in [-0.39, 0.29) is 23.8 Å². The van der Waals surface area contributed by atoms with Crippen molar-refractivity contribution in [1.82, 2.24) is 20.8 Å². The quantitative estimate of drug-likeness (QED) is 0.559. The minimum atomic E-state index is -0.247. The summed E-state index contributed by atoms with van der Waals surface area (Å²) in [6.45, 7) is 1.80. The number of nitrogens with one attached hydrogen (secondary N) is 2. The highest BCUT2D eigenvalue weighted by atomic mass is 16.5. The fourth-order valence-electron chi connectivity index (χ4n) is 4.55. The SMILES string of the molecule is CN(C(=O)c1cccc(C(NC(=O)c2cc(C3CC3)on2)C2CCNCC2)c1)c1cccnc1. The molecule has 2 aromatic heterocycles. The molecule has 2 amide bonds. The molecule has 1 saturated carbocycles. The minimum Gasteiger partial charge on any atom is -0.360 e. The third-order valence-electron chi connectivity index (χ3n) is 6.71. The van der Waals surface area contributed by atoms with Crippen LogP contribution in [-0.4, -0.2) is 42.1 Å². The topological polar surface area (TPSA) is 100 Å². The van der Waals surface area contributed by atoms with Crippen molar-refractivity contribution in [2.24, 2.45) is 5.92 Å². The van der Waals surface area contributed by atoms with E-state index in [9.17, 15) is 9.59 Å². The Morgan fingerprint density at radius 2 is 1.94 bits per heavy atom. The highest BCUT2D eigenvalue weighted by Gasteiger charge is 2.31. The number of piperidine rings is 1. The number of rotatable bonds is 7. The standard InChI is InChI=1S/C26H29N5O3/c1-31(21-6-3-11-28-16-21)26(33)20-5-2-4-19(14-20)24(18-9-12-27-13-10-18)29-25(32)22-15-23(34-30-22)17-7-8-17/h2-6,11,14-18,24,27H,7-10,12-13H2,1H3,(H,29,32). The van der Waals surface area contributed by atoms with Gasteiger partial charge in [-0.15, -0.1) is 0 Å². The average molecular weight is 460 g/mol. The number of aromatic nitrogens is 2.